The number of rotatable bonds is 4. The van der Waals surface area contributed by atoms with Crippen molar-refractivity contribution in [3.05, 3.63) is 94.0 Å². The fourth-order valence-electron chi connectivity index (χ4n) is 3.78. The van der Waals surface area contributed by atoms with Crippen LogP contribution in [0.15, 0.2) is 60.7 Å². The third-order valence-electron chi connectivity index (χ3n) is 5.17. The number of fused-ring (bicyclic) bond motifs is 1. The maximum Gasteiger partial charge on any atom is 1.00 e. The number of aryl methyl sites for hydroxylation is 2. The molecule has 1 aliphatic rings. The normalized spacial score (nSPS) is 17.5. The Hall–Kier alpha value is -2.12. The summed E-state index contributed by atoms with van der Waals surface area (Å²) in [4.78, 5) is 34.7. The largest absolute Gasteiger partial charge is 1.00 e. The Kier molecular flexibility index (Phi) is 6.40. The summed E-state index contributed by atoms with van der Waals surface area (Å²) in [6.07, 6.45) is 0. The molecule has 4 rings (SSSR count). The molecule has 0 fully saturated rings. The molecular formula is C22H17NaO7P-. The minimum Gasteiger partial charge on any atom is -0.780 e. The van der Waals surface area contributed by atoms with Crippen molar-refractivity contribution >= 4 is 13.8 Å². The molecule has 1 aliphatic heterocycles. The van der Waals surface area contributed by atoms with Crippen LogP contribution in [0.4, 0.5) is 0 Å². The van der Waals surface area contributed by atoms with Crippen LogP contribution in [0.1, 0.15) is 38.2 Å². The Morgan fingerprint density at radius 2 is 1.58 bits per heavy atom. The van der Waals surface area contributed by atoms with Crippen molar-refractivity contribution in [3.8, 4) is 11.5 Å². The molecule has 0 spiro atoms. The van der Waals surface area contributed by atoms with Crippen LogP contribution < -0.4 is 43.9 Å². The first-order valence-corrected chi connectivity index (χ1v) is 10.5. The zero-order chi connectivity index (χ0) is 21.7. The van der Waals surface area contributed by atoms with Gasteiger partial charge in [-0.1, -0.05) is 30.3 Å². The molecule has 0 radical (unpaired) electrons. The number of carbonyl (C=O) groups is 1. The predicted octanol–water partition coefficient (Wildman–Crippen LogP) is -0.317. The Balaban J connectivity index is 0.00000272. The van der Waals surface area contributed by atoms with Crippen LogP contribution in [0.3, 0.4) is 0 Å². The number of benzene rings is 3. The number of phenolic OH excluding ortho intramolecular Hbond substituents is 1. The number of phosphoric acid groups is 1. The SMILES string of the molecule is Cc1cc(C2(c3ccc(OP(=O)([O-])[O-])c(C)c3)OC(=O)c3ccccc32)ccc1O.[Na+]. The van der Waals surface area contributed by atoms with Crippen LogP contribution in [-0.4, -0.2) is 11.1 Å². The van der Waals surface area contributed by atoms with Gasteiger partial charge in [-0.05, 0) is 55.3 Å². The standard InChI is InChI=1S/C22H19O7P.Na/c1-13-11-15(7-9-19(13)23)22(18-6-4-3-5-17(18)21(24)28-22)16-8-10-20(14(2)12-16)29-30(25,26)27;/h3-12,23H,1-2H3,(H2,25,26,27);/q;+1/p-2. The van der Waals surface area contributed by atoms with Crippen LogP contribution in [0.25, 0.3) is 0 Å². The molecule has 1 unspecified atom stereocenters. The van der Waals surface area contributed by atoms with Crippen molar-refractivity contribution < 1.29 is 63.1 Å². The number of ether oxygens (including phenoxy) is 1. The van der Waals surface area contributed by atoms with Crippen molar-refractivity contribution in [1.82, 2.24) is 0 Å². The number of aromatic hydroxyl groups is 1. The molecule has 31 heavy (non-hydrogen) atoms. The molecule has 1 N–H and O–H groups in total. The van der Waals surface area contributed by atoms with Gasteiger partial charge in [0.05, 0.1) is 5.56 Å². The topological polar surface area (TPSA) is 119 Å². The molecule has 3 aromatic rings. The minimum absolute atomic E-state index is 0. The Morgan fingerprint density at radius 3 is 2.19 bits per heavy atom. The van der Waals surface area contributed by atoms with Crippen LogP contribution in [0.2, 0.25) is 0 Å². The summed E-state index contributed by atoms with van der Waals surface area (Å²) in [6, 6.07) is 16.4. The van der Waals surface area contributed by atoms with Gasteiger partial charge in [-0.15, -0.1) is 0 Å². The maximum atomic E-state index is 12.7. The first-order valence-electron chi connectivity index (χ1n) is 9.07. The zero-order valence-corrected chi connectivity index (χ0v) is 20.0. The number of hydrogen-bond donors (Lipinski definition) is 1. The van der Waals surface area contributed by atoms with Gasteiger partial charge in [0.15, 0.2) is 5.60 Å². The van der Waals surface area contributed by atoms with Crippen molar-refractivity contribution in [2.24, 2.45) is 0 Å². The van der Waals surface area contributed by atoms with E-state index >= 15 is 0 Å². The van der Waals surface area contributed by atoms with Gasteiger partial charge in [0.25, 0.3) is 0 Å². The predicted molar refractivity (Wildman–Crippen MR) is 104 cm³/mol. The van der Waals surface area contributed by atoms with Gasteiger partial charge in [0.2, 0.25) is 0 Å². The van der Waals surface area contributed by atoms with Crippen molar-refractivity contribution in [1.29, 1.82) is 0 Å². The second-order valence-electron chi connectivity index (χ2n) is 7.14. The van der Waals surface area contributed by atoms with E-state index in [1.54, 1.807) is 62.4 Å². The van der Waals surface area contributed by atoms with Crippen LogP contribution >= 0.6 is 7.82 Å². The number of phenols is 1. The molecule has 154 valence electrons. The smallest absolute Gasteiger partial charge is 0.780 e. The summed E-state index contributed by atoms with van der Waals surface area (Å²) in [5, 5.41) is 9.97. The first kappa shape index (κ1) is 23.5. The van der Waals surface area contributed by atoms with E-state index in [9.17, 15) is 24.3 Å². The summed E-state index contributed by atoms with van der Waals surface area (Å²) in [6.45, 7) is 3.32. The molecule has 9 heteroatoms. The number of esters is 1. The van der Waals surface area contributed by atoms with Crippen molar-refractivity contribution in [3.63, 3.8) is 0 Å². The van der Waals surface area contributed by atoms with Crippen LogP contribution in [0.5, 0.6) is 11.5 Å². The zero-order valence-electron chi connectivity index (χ0n) is 17.1. The Labute approximate surface area is 201 Å². The van der Waals surface area contributed by atoms with E-state index in [-0.39, 0.29) is 41.1 Å². The van der Waals surface area contributed by atoms with Crippen LogP contribution in [0, 0.1) is 13.8 Å². The molecule has 0 bridgehead atoms. The molecule has 0 saturated carbocycles. The van der Waals surface area contributed by atoms with E-state index in [1.807, 2.05) is 0 Å². The summed E-state index contributed by atoms with van der Waals surface area (Å²) >= 11 is 0. The van der Waals surface area contributed by atoms with Crippen molar-refractivity contribution in [2.45, 2.75) is 19.4 Å². The molecular weight excluding hydrogens is 430 g/mol. The second-order valence-corrected chi connectivity index (χ2v) is 8.21. The van der Waals surface area contributed by atoms with Gasteiger partial charge < -0.3 is 28.7 Å². The summed E-state index contributed by atoms with van der Waals surface area (Å²) in [5.41, 5.74) is 1.85. The molecule has 0 amide bonds. The monoisotopic (exact) mass is 447 g/mol. The molecule has 0 aromatic heterocycles. The Morgan fingerprint density at radius 1 is 0.968 bits per heavy atom. The van der Waals surface area contributed by atoms with E-state index in [2.05, 4.69) is 4.52 Å². The molecule has 0 aliphatic carbocycles. The summed E-state index contributed by atoms with van der Waals surface area (Å²) < 4.78 is 21.5. The van der Waals surface area contributed by atoms with Gasteiger partial charge in [-0.25, -0.2) is 4.79 Å². The summed E-state index contributed by atoms with van der Waals surface area (Å²) in [7, 11) is -5.22. The molecule has 3 aromatic carbocycles. The second kappa shape index (κ2) is 8.43. The average Bonchev–Trinajstić information content (AvgIpc) is 2.99. The van der Waals surface area contributed by atoms with Gasteiger partial charge in [0, 0.05) is 16.7 Å². The Bertz CT molecular complexity index is 1220. The van der Waals surface area contributed by atoms with Gasteiger partial charge in [-0.2, -0.15) is 0 Å². The third kappa shape index (κ3) is 4.17. The average molecular weight is 447 g/mol. The number of hydrogen-bond acceptors (Lipinski definition) is 7. The van der Waals surface area contributed by atoms with Crippen LogP contribution in [-0.2, 0) is 14.9 Å². The van der Waals surface area contributed by atoms with Gasteiger partial charge in [0.1, 0.15) is 19.3 Å². The summed E-state index contributed by atoms with van der Waals surface area (Å²) in [5.74, 6) is -0.493. The number of cyclic esters (lactones) is 1. The van der Waals surface area contributed by atoms with Gasteiger partial charge in [-0.3, -0.25) is 0 Å². The van der Waals surface area contributed by atoms with E-state index in [0.717, 1.165) is 0 Å². The number of carbonyl (C=O) groups excluding carboxylic acids is 1. The maximum absolute atomic E-state index is 12.7. The quantitative estimate of drug-likeness (QED) is 0.331. The van der Waals surface area contributed by atoms with Crippen molar-refractivity contribution in [2.75, 3.05) is 0 Å². The third-order valence-corrected chi connectivity index (χ3v) is 5.59. The van der Waals surface area contributed by atoms with E-state index in [1.165, 1.54) is 12.1 Å². The van der Waals surface area contributed by atoms with E-state index in [4.69, 9.17) is 4.74 Å². The molecule has 1 heterocycles. The molecule has 7 nitrogen and oxygen atoms in total. The van der Waals surface area contributed by atoms with E-state index in [0.29, 0.717) is 33.4 Å². The minimum atomic E-state index is -5.22. The first-order chi connectivity index (χ1) is 14.1. The van der Waals surface area contributed by atoms with E-state index < -0.39 is 19.4 Å². The number of phosphoric ester groups is 1. The fourth-order valence-corrected chi connectivity index (χ4v) is 4.22. The van der Waals surface area contributed by atoms with Gasteiger partial charge >= 0.3 is 35.5 Å². The fraction of sp³-hybridized carbons (Fsp3) is 0.136. The molecule has 0 saturated heterocycles. The molecule has 1 atom stereocenters.